The molecule has 0 radical (unpaired) electrons. The molecule has 0 saturated carbocycles. The predicted octanol–water partition coefficient (Wildman–Crippen LogP) is 3.35. The third kappa shape index (κ3) is 3.14. The van der Waals surface area contributed by atoms with E-state index in [1.54, 1.807) is 0 Å². The minimum atomic E-state index is -0.631. The van der Waals surface area contributed by atoms with Crippen molar-refractivity contribution >= 4 is 11.6 Å². The van der Waals surface area contributed by atoms with E-state index in [4.69, 9.17) is 16.3 Å². The molecular weight excluding hydrogens is 172 g/mol. The number of hydrogen-bond donors (Lipinski definition) is 0. The number of ether oxygens (including phenoxy) is 1. The van der Waals surface area contributed by atoms with Crippen molar-refractivity contribution in [2.24, 2.45) is 0 Å². The van der Waals surface area contributed by atoms with Crippen molar-refractivity contribution in [1.82, 2.24) is 0 Å². The van der Waals surface area contributed by atoms with E-state index in [-0.39, 0.29) is 0 Å². The van der Waals surface area contributed by atoms with Crippen LogP contribution in [0.15, 0.2) is 24.3 Å². The second-order valence-corrected chi connectivity index (χ2v) is 4.19. The molecule has 1 nitrogen and oxygen atoms in total. The van der Waals surface area contributed by atoms with Gasteiger partial charge in [-0.25, -0.2) is 0 Å². The Morgan fingerprint density at radius 3 is 2.50 bits per heavy atom. The minimum Gasteiger partial charge on any atom is -0.473 e. The lowest BCUT2D eigenvalue weighted by atomic mass is 10.2. The third-order valence-corrected chi connectivity index (χ3v) is 1.43. The Balaban J connectivity index is 2.77. The Morgan fingerprint density at radius 2 is 2.00 bits per heavy atom. The van der Waals surface area contributed by atoms with Crippen LogP contribution in [0.2, 0.25) is 0 Å². The van der Waals surface area contributed by atoms with Gasteiger partial charge >= 0.3 is 0 Å². The summed E-state index contributed by atoms with van der Waals surface area (Å²) < 4.78 is 5.45. The largest absolute Gasteiger partial charge is 0.473 e. The Kier molecular flexibility index (Phi) is 2.63. The Morgan fingerprint density at radius 1 is 1.33 bits per heavy atom. The molecule has 12 heavy (non-hydrogen) atoms. The van der Waals surface area contributed by atoms with Gasteiger partial charge in [-0.1, -0.05) is 23.7 Å². The predicted molar refractivity (Wildman–Crippen MR) is 51.7 cm³/mol. The Hall–Kier alpha value is -0.690. The molecule has 0 aliphatic heterocycles. The maximum Gasteiger partial charge on any atom is 0.176 e. The highest BCUT2D eigenvalue weighted by Gasteiger charge is 2.14. The van der Waals surface area contributed by atoms with Gasteiger partial charge in [-0.15, -0.1) is 0 Å². The fourth-order valence-electron chi connectivity index (χ4n) is 0.959. The van der Waals surface area contributed by atoms with Crippen molar-refractivity contribution in [3.05, 3.63) is 29.8 Å². The first-order valence-electron chi connectivity index (χ1n) is 3.92. The Labute approximate surface area is 78.3 Å². The topological polar surface area (TPSA) is 9.23 Å². The molecule has 1 aromatic rings. The van der Waals surface area contributed by atoms with E-state index in [0.717, 1.165) is 5.75 Å². The van der Waals surface area contributed by atoms with E-state index >= 15 is 0 Å². The fraction of sp³-hybridized carbons (Fsp3) is 0.400. The first-order chi connectivity index (χ1) is 5.47. The van der Waals surface area contributed by atoms with Gasteiger partial charge in [0.1, 0.15) is 5.75 Å². The van der Waals surface area contributed by atoms with Crippen LogP contribution in [0.4, 0.5) is 0 Å². The maximum absolute atomic E-state index is 5.90. The number of hydrogen-bond acceptors (Lipinski definition) is 1. The molecule has 0 bridgehead atoms. The molecule has 1 rings (SSSR count). The minimum absolute atomic E-state index is 0.631. The van der Waals surface area contributed by atoms with Gasteiger partial charge in [-0.05, 0) is 38.5 Å². The lowest BCUT2D eigenvalue weighted by Gasteiger charge is -2.18. The van der Waals surface area contributed by atoms with Gasteiger partial charge in [-0.2, -0.15) is 0 Å². The highest BCUT2D eigenvalue weighted by atomic mass is 35.5. The van der Waals surface area contributed by atoms with Crippen molar-refractivity contribution in [1.29, 1.82) is 0 Å². The van der Waals surface area contributed by atoms with Crippen LogP contribution in [0.25, 0.3) is 0 Å². The summed E-state index contributed by atoms with van der Waals surface area (Å²) in [4.78, 5) is 0. The normalized spacial score (nSPS) is 11.3. The molecule has 0 spiro atoms. The molecule has 0 saturated heterocycles. The molecule has 1 aromatic carbocycles. The molecule has 0 amide bonds. The van der Waals surface area contributed by atoms with Crippen molar-refractivity contribution in [3.8, 4) is 5.75 Å². The number of alkyl halides is 1. The summed E-state index contributed by atoms with van der Waals surface area (Å²) in [5, 5.41) is -0.631. The molecule has 0 unspecified atom stereocenters. The molecule has 0 aliphatic rings. The van der Waals surface area contributed by atoms with E-state index in [2.05, 4.69) is 0 Å². The van der Waals surface area contributed by atoms with Crippen LogP contribution in [-0.4, -0.2) is 5.06 Å². The van der Waals surface area contributed by atoms with Crippen molar-refractivity contribution in [3.63, 3.8) is 0 Å². The summed E-state index contributed by atoms with van der Waals surface area (Å²) >= 11 is 5.90. The van der Waals surface area contributed by atoms with Crippen LogP contribution in [-0.2, 0) is 0 Å². The van der Waals surface area contributed by atoms with E-state index in [9.17, 15) is 0 Å². The Bertz CT molecular complexity index is 263. The van der Waals surface area contributed by atoms with Gasteiger partial charge in [0.05, 0.1) is 0 Å². The van der Waals surface area contributed by atoms with Gasteiger partial charge in [0.2, 0.25) is 0 Å². The molecule has 0 aliphatic carbocycles. The number of benzene rings is 1. The van der Waals surface area contributed by atoms with Gasteiger partial charge in [0.15, 0.2) is 5.06 Å². The quantitative estimate of drug-likeness (QED) is 0.641. The second kappa shape index (κ2) is 3.36. The van der Waals surface area contributed by atoms with E-state index in [1.807, 2.05) is 45.0 Å². The molecule has 0 atom stereocenters. The van der Waals surface area contributed by atoms with E-state index in [0.29, 0.717) is 0 Å². The van der Waals surface area contributed by atoms with Gasteiger partial charge in [0, 0.05) is 0 Å². The van der Waals surface area contributed by atoms with Crippen LogP contribution in [0.1, 0.15) is 19.4 Å². The average Bonchev–Trinajstić information content (AvgIpc) is 1.82. The lowest BCUT2D eigenvalue weighted by molar-refractivity contribution is 0.199. The summed E-state index contributed by atoms with van der Waals surface area (Å²) in [6.07, 6.45) is 0. The first kappa shape index (κ1) is 9.40. The molecule has 0 N–H and O–H groups in total. The smallest absolute Gasteiger partial charge is 0.176 e. The summed E-state index contributed by atoms with van der Waals surface area (Å²) in [7, 11) is 0. The van der Waals surface area contributed by atoms with Gasteiger partial charge in [-0.3, -0.25) is 0 Å². The molecule has 0 heterocycles. The zero-order valence-corrected chi connectivity index (χ0v) is 8.35. The van der Waals surface area contributed by atoms with Crippen LogP contribution in [0, 0.1) is 6.92 Å². The SMILES string of the molecule is Cc1cccc(OC(C)(C)Cl)c1. The van der Waals surface area contributed by atoms with Crippen LogP contribution in [0.5, 0.6) is 5.75 Å². The third-order valence-electron chi connectivity index (χ3n) is 1.35. The van der Waals surface area contributed by atoms with Crippen LogP contribution in [0.3, 0.4) is 0 Å². The second-order valence-electron chi connectivity index (χ2n) is 3.28. The highest BCUT2D eigenvalue weighted by Crippen LogP contribution is 2.21. The first-order valence-corrected chi connectivity index (χ1v) is 4.30. The van der Waals surface area contributed by atoms with Gasteiger partial charge in [0.25, 0.3) is 0 Å². The van der Waals surface area contributed by atoms with E-state index < -0.39 is 5.06 Å². The maximum atomic E-state index is 5.90. The van der Waals surface area contributed by atoms with Crippen molar-refractivity contribution in [2.75, 3.05) is 0 Å². The number of halogens is 1. The fourth-order valence-corrected chi connectivity index (χ4v) is 1.05. The van der Waals surface area contributed by atoms with Crippen molar-refractivity contribution < 1.29 is 4.74 Å². The molecular formula is C10H13ClO. The summed E-state index contributed by atoms with van der Waals surface area (Å²) in [5.74, 6) is 0.815. The van der Waals surface area contributed by atoms with Crippen molar-refractivity contribution in [2.45, 2.75) is 25.8 Å². The van der Waals surface area contributed by atoms with Crippen LogP contribution >= 0.6 is 11.6 Å². The number of rotatable bonds is 2. The molecule has 0 fully saturated rings. The molecule has 0 aromatic heterocycles. The zero-order chi connectivity index (χ0) is 9.19. The average molecular weight is 185 g/mol. The number of aryl methyl sites for hydroxylation is 1. The van der Waals surface area contributed by atoms with E-state index in [1.165, 1.54) is 5.56 Å². The van der Waals surface area contributed by atoms with Gasteiger partial charge < -0.3 is 4.74 Å². The molecule has 66 valence electrons. The summed E-state index contributed by atoms with van der Waals surface area (Å²) in [5.41, 5.74) is 1.17. The molecule has 2 heteroatoms. The summed E-state index contributed by atoms with van der Waals surface area (Å²) in [6, 6.07) is 7.84. The zero-order valence-electron chi connectivity index (χ0n) is 7.60. The lowest BCUT2D eigenvalue weighted by Crippen LogP contribution is -2.19. The summed E-state index contributed by atoms with van der Waals surface area (Å²) in [6.45, 7) is 5.65. The highest BCUT2D eigenvalue weighted by molar-refractivity contribution is 6.22. The monoisotopic (exact) mass is 184 g/mol. The standard InChI is InChI=1S/C10H13ClO/c1-8-5-4-6-9(7-8)12-10(2,3)11/h4-7H,1-3H3. The van der Waals surface area contributed by atoms with Crippen LogP contribution < -0.4 is 4.74 Å².